The Bertz CT molecular complexity index is 2070. The van der Waals surface area contributed by atoms with E-state index in [2.05, 4.69) is 30.6 Å². The standard InChI is InChI=1S/C39H49N9O7/c1-22(2)32(44-38(52)54-5)36(50)46-16-7-9-28(46)34-40-20-27(42-34)25-13-11-24(12-14-25)26-15-18-48(31(49)19-26)30-21-41-35(43-30)29-10-8-17-47(29)37(51)33(23(3)4)45-39(53)55-6/h11-15,18-23,28-29,32-33H,7-10,16-17H2,1-6H3,(H,40,42)(H,41,43)(H,44,52)(H,45,53)/t28-,29-,32?,33-/m0/s1. The Hall–Kier alpha value is -5.93. The van der Waals surface area contributed by atoms with E-state index >= 15 is 0 Å². The molecule has 3 aromatic heterocycles. The molecule has 2 fully saturated rings. The number of aromatic nitrogens is 5. The van der Waals surface area contributed by atoms with Gasteiger partial charge in [0.15, 0.2) is 0 Å². The molecule has 6 rings (SSSR count). The minimum absolute atomic E-state index is 0.126. The average Bonchev–Trinajstić information content (AvgIpc) is 4.02. The summed E-state index contributed by atoms with van der Waals surface area (Å²) in [5.41, 5.74) is 3.02. The molecule has 2 aliphatic rings. The van der Waals surface area contributed by atoms with E-state index in [1.54, 1.807) is 34.5 Å². The molecule has 0 spiro atoms. The number of nitrogens with zero attached hydrogens (tertiary/aromatic N) is 5. The summed E-state index contributed by atoms with van der Waals surface area (Å²) in [6.07, 6.45) is 6.76. The highest BCUT2D eigenvalue weighted by atomic mass is 16.5. The van der Waals surface area contributed by atoms with Gasteiger partial charge in [-0.25, -0.2) is 19.6 Å². The van der Waals surface area contributed by atoms with Gasteiger partial charge in [0.05, 0.1) is 44.4 Å². The molecule has 0 radical (unpaired) electrons. The van der Waals surface area contributed by atoms with E-state index in [0.29, 0.717) is 37.0 Å². The number of hydrogen-bond donors (Lipinski definition) is 4. The van der Waals surface area contributed by atoms with E-state index in [-0.39, 0.29) is 41.3 Å². The first-order chi connectivity index (χ1) is 26.4. The van der Waals surface area contributed by atoms with Crippen LogP contribution in [0.15, 0.2) is 59.8 Å². The third-order valence-corrected chi connectivity index (χ3v) is 10.4. The van der Waals surface area contributed by atoms with Gasteiger partial charge in [-0.3, -0.25) is 19.0 Å². The van der Waals surface area contributed by atoms with Gasteiger partial charge in [0.25, 0.3) is 5.56 Å². The van der Waals surface area contributed by atoms with Crippen LogP contribution in [0.3, 0.4) is 0 Å². The van der Waals surface area contributed by atoms with Gasteiger partial charge in [0.1, 0.15) is 29.6 Å². The summed E-state index contributed by atoms with van der Waals surface area (Å²) in [6.45, 7) is 8.58. The number of nitrogens with one attached hydrogen (secondary N) is 4. The van der Waals surface area contributed by atoms with Gasteiger partial charge >= 0.3 is 12.2 Å². The van der Waals surface area contributed by atoms with Crippen LogP contribution in [0.2, 0.25) is 0 Å². The zero-order chi connectivity index (χ0) is 39.4. The number of hydrogen-bond acceptors (Lipinski definition) is 9. The van der Waals surface area contributed by atoms with E-state index in [1.807, 2.05) is 58.0 Å². The van der Waals surface area contributed by atoms with Gasteiger partial charge in [-0.15, -0.1) is 0 Å². The van der Waals surface area contributed by atoms with E-state index in [9.17, 15) is 24.0 Å². The molecular weight excluding hydrogens is 706 g/mol. The lowest BCUT2D eigenvalue weighted by atomic mass is 10.0. The zero-order valence-electron chi connectivity index (χ0n) is 32.0. The number of likely N-dealkylation sites (tertiary alicyclic amines) is 2. The summed E-state index contributed by atoms with van der Waals surface area (Å²) < 4.78 is 10.9. The summed E-state index contributed by atoms with van der Waals surface area (Å²) >= 11 is 0. The molecule has 16 nitrogen and oxygen atoms in total. The maximum absolute atomic E-state index is 13.5. The minimum Gasteiger partial charge on any atom is -0.453 e. The molecule has 2 aliphatic heterocycles. The molecule has 0 aliphatic carbocycles. The van der Waals surface area contributed by atoms with Crippen molar-refractivity contribution >= 4 is 24.0 Å². The largest absolute Gasteiger partial charge is 0.453 e. The lowest BCUT2D eigenvalue weighted by Gasteiger charge is -2.30. The van der Waals surface area contributed by atoms with Crippen molar-refractivity contribution in [3.05, 3.63) is 77.0 Å². The normalized spacial score (nSPS) is 18.0. The van der Waals surface area contributed by atoms with Gasteiger partial charge in [0, 0.05) is 25.4 Å². The van der Waals surface area contributed by atoms with Crippen LogP contribution in [0.1, 0.15) is 77.1 Å². The van der Waals surface area contributed by atoms with Crippen molar-refractivity contribution in [2.75, 3.05) is 27.3 Å². The predicted octanol–water partition coefficient (Wildman–Crippen LogP) is 4.71. The number of pyridine rings is 1. The van der Waals surface area contributed by atoms with Crippen molar-refractivity contribution in [3.8, 4) is 28.2 Å². The first-order valence-electron chi connectivity index (χ1n) is 18.6. The second-order valence-electron chi connectivity index (χ2n) is 14.6. The number of alkyl carbamates (subject to hydrolysis) is 2. The van der Waals surface area contributed by atoms with E-state index in [0.717, 1.165) is 41.6 Å². The van der Waals surface area contributed by atoms with Crippen LogP contribution in [-0.4, -0.2) is 97.7 Å². The van der Waals surface area contributed by atoms with Crippen LogP contribution in [-0.2, 0) is 19.1 Å². The van der Waals surface area contributed by atoms with Gasteiger partial charge < -0.3 is 39.9 Å². The van der Waals surface area contributed by atoms with Gasteiger partial charge in [-0.2, -0.15) is 0 Å². The molecule has 1 aromatic carbocycles. The van der Waals surface area contributed by atoms with Crippen LogP contribution in [0.4, 0.5) is 9.59 Å². The first kappa shape index (κ1) is 38.8. The number of carbonyl (C=O) groups excluding carboxylic acids is 4. The highest BCUT2D eigenvalue weighted by molar-refractivity contribution is 5.87. The molecule has 55 heavy (non-hydrogen) atoms. The van der Waals surface area contributed by atoms with Crippen molar-refractivity contribution in [1.29, 1.82) is 0 Å². The number of amides is 4. The number of benzene rings is 1. The molecule has 1 unspecified atom stereocenters. The summed E-state index contributed by atoms with van der Waals surface area (Å²) in [5, 5.41) is 5.33. The molecule has 16 heteroatoms. The Balaban J connectivity index is 1.13. The first-order valence-corrected chi connectivity index (χ1v) is 18.6. The van der Waals surface area contributed by atoms with E-state index in [1.165, 1.54) is 18.8 Å². The molecule has 0 bridgehead atoms. The highest BCUT2D eigenvalue weighted by Crippen LogP contribution is 2.34. The number of methoxy groups -OCH3 is 2. The smallest absolute Gasteiger partial charge is 0.407 e. The van der Waals surface area contributed by atoms with Crippen LogP contribution in [0.5, 0.6) is 0 Å². The molecule has 2 saturated heterocycles. The quantitative estimate of drug-likeness (QED) is 0.168. The zero-order valence-corrected chi connectivity index (χ0v) is 32.0. The SMILES string of the molecule is COC(=O)NC(C(=O)N1CCC[C@H]1c1ncc(-c2ccc(-c3ccn(-c4cnc([C@@H]5CCCN5C(=O)[C@@H](NC(=O)OC)C(C)C)[nH]4)c(=O)c3)cc2)[nH]1)C(C)C. The van der Waals surface area contributed by atoms with Crippen LogP contribution in [0.25, 0.3) is 28.2 Å². The predicted molar refractivity (Wildman–Crippen MR) is 203 cm³/mol. The molecular formula is C39H49N9O7. The number of aromatic amines is 2. The third-order valence-electron chi connectivity index (χ3n) is 10.4. The monoisotopic (exact) mass is 755 g/mol. The highest BCUT2D eigenvalue weighted by Gasteiger charge is 2.39. The van der Waals surface area contributed by atoms with Crippen molar-refractivity contribution in [3.63, 3.8) is 0 Å². The summed E-state index contributed by atoms with van der Waals surface area (Å²) in [6, 6.07) is 9.16. The molecule has 0 saturated carbocycles. The van der Waals surface area contributed by atoms with Gasteiger partial charge in [-0.1, -0.05) is 52.0 Å². The lowest BCUT2D eigenvalue weighted by Crippen LogP contribution is -2.51. The molecule has 292 valence electrons. The second kappa shape index (κ2) is 16.6. The second-order valence-corrected chi connectivity index (χ2v) is 14.6. The summed E-state index contributed by atoms with van der Waals surface area (Å²) in [5.74, 6) is 1.07. The summed E-state index contributed by atoms with van der Waals surface area (Å²) in [4.78, 5) is 83.6. The van der Waals surface area contributed by atoms with Gasteiger partial charge in [0.2, 0.25) is 11.8 Å². The molecule has 4 aromatic rings. The Morgan fingerprint density at radius 2 is 1.24 bits per heavy atom. The lowest BCUT2D eigenvalue weighted by molar-refractivity contribution is -0.136. The third kappa shape index (κ3) is 8.27. The summed E-state index contributed by atoms with van der Waals surface area (Å²) in [7, 11) is 2.54. The Morgan fingerprint density at radius 3 is 1.75 bits per heavy atom. The fraction of sp³-hybridized carbons (Fsp3) is 0.462. The topological polar surface area (TPSA) is 197 Å². The van der Waals surface area contributed by atoms with E-state index in [4.69, 9.17) is 9.47 Å². The van der Waals surface area contributed by atoms with Crippen molar-refractivity contribution in [1.82, 2.24) is 44.9 Å². The average molecular weight is 756 g/mol. The molecule has 4 atom stereocenters. The van der Waals surface area contributed by atoms with Crippen LogP contribution >= 0.6 is 0 Å². The van der Waals surface area contributed by atoms with Crippen LogP contribution in [0, 0.1) is 11.8 Å². The van der Waals surface area contributed by atoms with Crippen molar-refractivity contribution in [2.45, 2.75) is 77.5 Å². The number of ether oxygens (including phenoxy) is 2. The number of rotatable bonds is 11. The Kier molecular flexibility index (Phi) is 11.7. The fourth-order valence-electron chi connectivity index (χ4n) is 7.36. The Labute approximate surface area is 319 Å². The number of carbonyl (C=O) groups is 4. The minimum atomic E-state index is -0.745. The van der Waals surface area contributed by atoms with Crippen LogP contribution < -0.4 is 16.2 Å². The maximum Gasteiger partial charge on any atom is 0.407 e. The molecule has 4 N–H and O–H groups in total. The molecule has 4 amide bonds. The molecule has 5 heterocycles. The number of H-pyrrole nitrogens is 2. The van der Waals surface area contributed by atoms with Gasteiger partial charge in [-0.05, 0) is 60.3 Å². The maximum atomic E-state index is 13.5. The fourth-order valence-corrected chi connectivity index (χ4v) is 7.36. The van der Waals surface area contributed by atoms with Crippen molar-refractivity contribution < 1.29 is 28.7 Å². The Morgan fingerprint density at radius 1 is 0.727 bits per heavy atom. The van der Waals surface area contributed by atoms with E-state index < -0.39 is 24.3 Å². The number of imidazole rings is 2. The van der Waals surface area contributed by atoms with Crippen molar-refractivity contribution in [2.24, 2.45) is 11.8 Å².